The number of rotatable bonds is 11. The molecule has 0 saturated carbocycles. The fourth-order valence-corrected chi connectivity index (χ4v) is 13.2. The molecule has 2 aromatic carbocycles. The van der Waals surface area contributed by atoms with Gasteiger partial charge in [-0.1, -0.05) is 61.8 Å². The maximum atomic E-state index is 12.8. The second kappa shape index (κ2) is 11.7. The van der Waals surface area contributed by atoms with Gasteiger partial charge in [0, 0.05) is 22.6 Å². The maximum Gasteiger partial charge on any atom is 0.222 e. The molecular weight excluding hydrogens is 504 g/mol. The van der Waals surface area contributed by atoms with Crippen LogP contribution in [0.25, 0.3) is 21.9 Å². The summed E-state index contributed by atoms with van der Waals surface area (Å²) in [6.45, 7) is 6.34. The van der Waals surface area contributed by atoms with E-state index in [2.05, 4.69) is 13.8 Å². The molecule has 0 fully saturated rings. The van der Waals surface area contributed by atoms with Crippen LogP contribution < -0.4 is 4.52 Å². The Kier molecular flexibility index (Phi) is 9.50. The van der Waals surface area contributed by atoms with Crippen molar-refractivity contribution in [1.29, 1.82) is 0 Å². The van der Waals surface area contributed by atoms with Gasteiger partial charge in [-0.2, -0.15) is 0 Å². The van der Waals surface area contributed by atoms with Crippen LogP contribution in [0.2, 0.25) is 0 Å². The van der Waals surface area contributed by atoms with Crippen LogP contribution in [0.4, 0.5) is 0 Å². The Hall–Kier alpha value is -0.370. The summed E-state index contributed by atoms with van der Waals surface area (Å²) in [5.74, 6) is 3.29. The van der Waals surface area contributed by atoms with Crippen LogP contribution in [-0.2, 0) is 22.6 Å². The molecule has 3 aromatic rings. The first kappa shape index (κ1) is 25.3. The fraction of sp³-hybridized carbons (Fsp3) is 0.409. The molecule has 3 nitrogen and oxygen atoms in total. The Balaban J connectivity index is 2.08. The van der Waals surface area contributed by atoms with Crippen LogP contribution in [0.3, 0.4) is 0 Å². The van der Waals surface area contributed by atoms with Gasteiger partial charge < -0.3 is 8.94 Å². The average molecular weight is 531 g/mol. The SMILES string of the molecule is CCCSP(=S)(Oc1ccc2oc3cccc(S(=O)CCC)c3c(=S)c2c1)SCCC. The van der Waals surface area contributed by atoms with Crippen molar-refractivity contribution in [2.24, 2.45) is 0 Å². The zero-order valence-corrected chi connectivity index (χ0v) is 22.9. The van der Waals surface area contributed by atoms with E-state index < -0.39 is 15.5 Å². The lowest BCUT2D eigenvalue weighted by Gasteiger charge is -2.21. The maximum absolute atomic E-state index is 12.8. The predicted molar refractivity (Wildman–Crippen MR) is 147 cm³/mol. The highest BCUT2D eigenvalue weighted by Gasteiger charge is 2.21. The summed E-state index contributed by atoms with van der Waals surface area (Å²) in [5, 5.41) is 1.55. The van der Waals surface area contributed by atoms with Gasteiger partial charge in [0.1, 0.15) is 16.9 Å². The minimum absolute atomic E-state index is 0.599. The van der Waals surface area contributed by atoms with Crippen molar-refractivity contribution in [3.05, 3.63) is 40.9 Å². The molecule has 0 aliphatic carbocycles. The minimum atomic E-state index is -2.10. The van der Waals surface area contributed by atoms with Gasteiger partial charge in [-0.15, -0.1) is 0 Å². The van der Waals surface area contributed by atoms with Crippen molar-refractivity contribution in [2.45, 2.75) is 44.9 Å². The molecule has 9 heteroatoms. The van der Waals surface area contributed by atoms with Crippen molar-refractivity contribution in [3.63, 3.8) is 0 Å². The minimum Gasteiger partial charge on any atom is -0.456 e. The third kappa shape index (κ3) is 6.15. The van der Waals surface area contributed by atoms with E-state index >= 15 is 0 Å². The van der Waals surface area contributed by atoms with E-state index in [0.717, 1.165) is 52.2 Å². The van der Waals surface area contributed by atoms with Gasteiger partial charge in [-0.25, -0.2) is 0 Å². The van der Waals surface area contributed by atoms with Crippen LogP contribution in [0, 0.1) is 4.51 Å². The van der Waals surface area contributed by atoms with Gasteiger partial charge in [0.05, 0.1) is 25.6 Å². The highest BCUT2D eigenvalue weighted by Crippen LogP contribution is 2.69. The van der Waals surface area contributed by atoms with E-state index in [0.29, 0.717) is 21.4 Å². The van der Waals surface area contributed by atoms with Crippen molar-refractivity contribution in [1.82, 2.24) is 0 Å². The lowest BCUT2D eigenvalue weighted by atomic mass is 10.1. The Morgan fingerprint density at radius 1 is 1.03 bits per heavy atom. The molecule has 1 heterocycles. The van der Waals surface area contributed by atoms with Crippen LogP contribution >= 0.6 is 39.6 Å². The van der Waals surface area contributed by atoms with Crippen LogP contribution in [-0.4, -0.2) is 21.5 Å². The average Bonchev–Trinajstić information content (AvgIpc) is 2.77. The lowest BCUT2D eigenvalue weighted by molar-refractivity contribution is 0.633. The quantitative estimate of drug-likeness (QED) is 0.139. The highest BCUT2D eigenvalue weighted by molar-refractivity contribution is 8.99. The molecule has 0 radical (unpaired) electrons. The predicted octanol–water partition coefficient (Wildman–Crippen LogP) is 8.72. The standard InChI is InChI=1S/C22H27O3PS5/c1-4-12-29-26(28,30-13-5-2)25-16-10-11-18-17(15-16)22(27)21-19(24-18)8-7-9-20(21)31(23)14-6-3/h7-11,15H,4-6,12-14H2,1-3H3. The van der Waals surface area contributed by atoms with Gasteiger partial charge in [0.15, 0.2) is 0 Å². The van der Waals surface area contributed by atoms with Crippen molar-refractivity contribution < 1.29 is 13.1 Å². The molecule has 0 saturated heterocycles. The van der Waals surface area contributed by atoms with E-state index in [4.69, 9.17) is 33.0 Å². The first-order valence-electron chi connectivity index (χ1n) is 10.4. The summed E-state index contributed by atoms with van der Waals surface area (Å²) in [6, 6.07) is 11.4. The fourth-order valence-electron chi connectivity index (χ4n) is 3.02. The van der Waals surface area contributed by atoms with Crippen molar-refractivity contribution >= 4 is 84.2 Å². The van der Waals surface area contributed by atoms with Crippen LogP contribution in [0.5, 0.6) is 5.75 Å². The zero-order valence-electron chi connectivity index (χ0n) is 17.9. The molecule has 0 aliphatic heterocycles. The number of hydrogen-bond donors (Lipinski definition) is 0. The molecule has 1 atom stereocenters. The van der Waals surface area contributed by atoms with Crippen LogP contribution in [0.15, 0.2) is 45.7 Å². The number of benzene rings is 2. The highest BCUT2D eigenvalue weighted by atomic mass is 33.2. The molecule has 31 heavy (non-hydrogen) atoms. The van der Waals surface area contributed by atoms with Gasteiger partial charge in [-0.3, -0.25) is 4.21 Å². The number of fused-ring (bicyclic) bond motifs is 2. The van der Waals surface area contributed by atoms with E-state index in [-0.39, 0.29) is 0 Å². The van der Waals surface area contributed by atoms with Gasteiger partial charge >= 0.3 is 0 Å². The Bertz CT molecular complexity index is 1180. The topological polar surface area (TPSA) is 39.4 Å². The van der Waals surface area contributed by atoms with E-state index in [1.165, 1.54) is 0 Å². The molecule has 0 spiro atoms. The summed E-state index contributed by atoms with van der Waals surface area (Å²) in [6.07, 6.45) is 2.97. The zero-order chi connectivity index (χ0) is 22.4. The van der Waals surface area contributed by atoms with Gasteiger partial charge in [0.25, 0.3) is 0 Å². The molecule has 168 valence electrons. The van der Waals surface area contributed by atoms with E-state index in [1.807, 2.05) is 43.3 Å². The van der Waals surface area contributed by atoms with Gasteiger partial charge in [0.2, 0.25) is 4.67 Å². The molecule has 0 amide bonds. The summed E-state index contributed by atoms with van der Waals surface area (Å²) in [4.78, 5) is 0.739. The molecule has 0 bridgehead atoms. The molecule has 0 N–H and O–H groups in total. The van der Waals surface area contributed by atoms with Crippen molar-refractivity contribution in [3.8, 4) is 5.75 Å². The molecular formula is C22H27O3PS5. The summed E-state index contributed by atoms with van der Waals surface area (Å²) in [7, 11) is -1.12. The third-order valence-electron chi connectivity index (χ3n) is 4.39. The first-order valence-corrected chi connectivity index (χ1v) is 18.0. The largest absolute Gasteiger partial charge is 0.456 e. The van der Waals surface area contributed by atoms with Crippen LogP contribution in [0.1, 0.15) is 40.0 Å². The van der Waals surface area contributed by atoms with E-state index in [9.17, 15) is 4.21 Å². The second-order valence-electron chi connectivity index (χ2n) is 6.97. The monoisotopic (exact) mass is 530 g/mol. The summed E-state index contributed by atoms with van der Waals surface area (Å²) in [5.41, 5.74) is 1.36. The van der Waals surface area contributed by atoms with Crippen molar-refractivity contribution in [2.75, 3.05) is 17.3 Å². The molecule has 1 aromatic heterocycles. The molecule has 3 rings (SSSR count). The summed E-state index contributed by atoms with van der Waals surface area (Å²) < 4.78 is 23.9. The summed E-state index contributed by atoms with van der Waals surface area (Å²) >= 11 is 15.3. The Morgan fingerprint density at radius 3 is 2.39 bits per heavy atom. The normalized spacial score (nSPS) is 13.0. The first-order chi connectivity index (χ1) is 14.9. The van der Waals surface area contributed by atoms with Gasteiger partial charge in [-0.05, 0) is 61.4 Å². The number of hydrogen-bond acceptors (Lipinski definition) is 7. The Labute approximate surface area is 205 Å². The Morgan fingerprint density at radius 2 is 1.74 bits per heavy atom. The third-order valence-corrected chi connectivity index (χ3v) is 16.1. The second-order valence-corrected chi connectivity index (χ2v) is 19.6. The van der Waals surface area contributed by atoms with E-state index in [1.54, 1.807) is 22.8 Å². The molecule has 1 unspecified atom stereocenters. The lowest BCUT2D eigenvalue weighted by Crippen LogP contribution is -1.98. The molecule has 0 aliphatic rings. The smallest absolute Gasteiger partial charge is 0.222 e.